The quantitative estimate of drug-likeness (QED) is 0.808. The van der Waals surface area contributed by atoms with Gasteiger partial charge in [-0.3, -0.25) is 0 Å². The Labute approximate surface area is 87.9 Å². The van der Waals surface area contributed by atoms with Crippen molar-refractivity contribution in [2.45, 2.75) is 24.8 Å². The molecule has 1 rings (SSSR count). The highest BCUT2D eigenvalue weighted by molar-refractivity contribution is 9.09. The van der Waals surface area contributed by atoms with Gasteiger partial charge in [0.2, 0.25) is 0 Å². The number of benzene rings is 1. The van der Waals surface area contributed by atoms with E-state index >= 15 is 0 Å². The molecule has 1 N–H and O–H groups in total. The summed E-state index contributed by atoms with van der Waals surface area (Å²) in [4.78, 5) is 0.120. The second kappa shape index (κ2) is 4.77. The SMILES string of the molecule is CC(C)[C@@H](Br)[C@@H](O)c1ccccc1. The lowest BCUT2D eigenvalue weighted by molar-refractivity contribution is 0.161. The molecule has 0 aliphatic carbocycles. The summed E-state index contributed by atoms with van der Waals surface area (Å²) in [5.41, 5.74) is 0.970. The maximum atomic E-state index is 9.91. The highest BCUT2D eigenvalue weighted by Gasteiger charge is 2.20. The van der Waals surface area contributed by atoms with E-state index in [1.165, 1.54) is 0 Å². The summed E-state index contributed by atoms with van der Waals surface area (Å²) in [5.74, 6) is 0.426. The topological polar surface area (TPSA) is 20.2 Å². The van der Waals surface area contributed by atoms with Crippen molar-refractivity contribution < 1.29 is 5.11 Å². The van der Waals surface area contributed by atoms with Gasteiger partial charge in [0.05, 0.1) is 6.10 Å². The maximum absolute atomic E-state index is 9.91. The monoisotopic (exact) mass is 242 g/mol. The molecule has 0 spiro atoms. The Morgan fingerprint density at radius 3 is 2.15 bits per heavy atom. The van der Waals surface area contributed by atoms with Crippen molar-refractivity contribution in [1.82, 2.24) is 0 Å². The van der Waals surface area contributed by atoms with Gasteiger partial charge in [-0.25, -0.2) is 0 Å². The second-order valence-corrected chi connectivity index (χ2v) is 4.60. The number of hydrogen-bond donors (Lipinski definition) is 1. The smallest absolute Gasteiger partial charge is 0.0917 e. The molecular weight excluding hydrogens is 228 g/mol. The molecule has 1 nitrogen and oxygen atoms in total. The van der Waals surface area contributed by atoms with Crippen LogP contribution in [-0.4, -0.2) is 9.93 Å². The van der Waals surface area contributed by atoms with Crippen LogP contribution in [0.25, 0.3) is 0 Å². The fraction of sp³-hybridized carbons (Fsp3) is 0.455. The van der Waals surface area contributed by atoms with Gasteiger partial charge in [-0.2, -0.15) is 0 Å². The normalized spacial score (nSPS) is 15.8. The van der Waals surface area contributed by atoms with Gasteiger partial charge >= 0.3 is 0 Å². The van der Waals surface area contributed by atoms with Crippen molar-refractivity contribution in [1.29, 1.82) is 0 Å². The van der Waals surface area contributed by atoms with Gasteiger partial charge in [0.1, 0.15) is 0 Å². The molecule has 0 fully saturated rings. The highest BCUT2D eigenvalue weighted by atomic mass is 79.9. The van der Waals surface area contributed by atoms with Gasteiger partial charge in [0.15, 0.2) is 0 Å². The summed E-state index contributed by atoms with van der Waals surface area (Å²) in [6.07, 6.45) is -0.416. The van der Waals surface area contributed by atoms with Crippen molar-refractivity contribution in [3.8, 4) is 0 Å². The van der Waals surface area contributed by atoms with E-state index in [4.69, 9.17) is 0 Å². The van der Waals surface area contributed by atoms with Crippen LogP contribution in [0.2, 0.25) is 0 Å². The lowest BCUT2D eigenvalue weighted by atomic mass is 10.00. The first-order valence-electron chi connectivity index (χ1n) is 4.50. The molecule has 2 atom stereocenters. The summed E-state index contributed by atoms with van der Waals surface area (Å²) in [6.45, 7) is 4.18. The van der Waals surface area contributed by atoms with Crippen LogP contribution in [0.4, 0.5) is 0 Å². The van der Waals surface area contributed by atoms with Gasteiger partial charge in [-0.05, 0) is 11.5 Å². The minimum absolute atomic E-state index is 0.120. The first-order valence-corrected chi connectivity index (χ1v) is 5.41. The Hall–Kier alpha value is -0.340. The zero-order chi connectivity index (χ0) is 9.84. The minimum atomic E-state index is -0.416. The Morgan fingerprint density at radius 1 is 1.15 bits per heavy atom. The van der Waals surface area contributed by atoms with Crippen LogP contribution < -0.4 is 0 Å². The van der Waals surface area contributed by atoms with Crippen molar-refractivity contribution in [2.75, 3.05) is 0 Å². The van der Waals surface area contributed by atoms with Crippen LogP contribution in [0, 0.1) is 5.92 Å². The van der Waals surface area contributed by atoms with Gasteiger partial charge in [0.25, 0.3) is 0 Å². The predicted octanol–water partition coefficient (Wildman–Crippen LogP) is 3.14. The number of alkyl halides is 1. The average Bonchev–Trinajstić information content (AvgIpc) is 2.17. The zero-order valence-corrected chi connectivity index (χ0v) is 9.53. The third-order valence-electron chi connectivity index (χ3n) is 2.08. The Kier molecular flexibility index (Phi) is 3.94. The van der Waals surface area contributed by atoms with E-state index in [1.807, 2.05) is 30.3 Å². The molecule has 1 aromatic rings. The number of halogens is 1. The molecule has 0 saturated heterocycles. The lowest BCUT2D eigenvalue weighted by Gasteiger charge is -2.20. The van der Waals surface area contributed by atoms with Crippen molar-refractivity contribution >= 4 is 15.9 Å². The first-order chi connectivity index (χ1) is 6.13. The van der Waals surface area contributed by atoms with E-state index in [0.29, 0.717) is 5.92 Å². The van der Waals surface area contributed by atoms with Gasteiger partial charge in [-0.1, -0.05) is 60.1 Å². The fourth-order valence-electron chi connectivity index (χ4n) is 1.20. The Bertz CT molecular complexity index is 246. The predicted molar refractivity (Wildman–Crippen MR) is 59.0 cm³/mol. The van der Waals surface area contributed by atoms with Crippen LogP contribution in [0.1, 0.15) is 25.5 Å². The first kappa shape index (κ1) is 10.7. The van der Waals surface area contributed by atoms with E-state index in [2.05, 4.69) is 29.8 Å². The molecule has 0 radical (unpaired) electrons. The largest absolute Gasteiger partial charge is 0.387 e. The minimum Gasteiger partial charge on any atom is -0.387 e. The van der Waals surface area contributed by atoms with Crippen LogP contribution >= 0.6 is 15.9 Å². The molecule has 0 bridgehead atoms. The molecule has 2 heteroatoms. The van der Waals surface area contributed by atoms with E-state index < -0.39 is 6.10 Å². The van der Waals surface area contributed by atoms with Crippen LogP contribution in [0.3, 0.4) is 0 Å². The third kappa shape index (κ3) is 2.82. The average molecular weight is 243 g/mol. The fourth-order valence-corrected chi connectivity index (χ4v) is 1.50. The van der Waals surface area contributed by atoms with Crippen LogP contribution in [0.5, 0.6) is 0 Å². The molecule has 0 aliphatic heterocycles. The molecule has 72 valence electrons. The molecule has 13 heavy (non-hydrogen) atoms. The molecular formula is C11H15BrO. The zero-order valence-electron chi connectivity index (χ0n) is 7.94. The van der Waals surface area contributed by atoms with Crippen LogP contribution in [0.15, 0.2) is 30.3 Å². The Morgan fingerprint density at radius 2 is 1.69 bits per heavy atom. The van der Waals surface area contributed by atoms with E-state index in [0.717, 1.165) is 5.56 Å². The molecule has 0 amide bonds. The van der Waals surface area contributed by atoms with Gasteiger partial charge in [0, 0.05) is 4.83 Å². The number of rotatable bonds is 3. The number of hydrogen-bond acceptors (Lipinski definition) is 1. The number of aliphatic hydroxyl groups is 1. The standard InChI is InChI=1S/C11H15BrO/c1-8(2)10(12)11(13)9-6-4-3-5-7-9/h3-8,10-11,13H,1-2H3/t10-,11+/m1/s1. The van der Waals surface area contributed by atoms with E-state index in [1.54, 1.807) is 0 Å². The maximum Gasteiger partial charge on any atom is 0.0917 e. The number of aliphatic hydroxyl groups excluding tert-OH is 1. The van der Waals surface area contributed by atoms with Crippen LogP contribution in [-0.2, 0) is 0 Å². The Balaban J connectivity index is 2.73. The second-order valence-electron chi connectivity index (χ2n) is 3.54. The van der Waals surface area contributed by atoms with Crippen molar-refractivity contribution in [2.24, 2.45) is 5.92 Å². The third-order valence-corrected chi connectivity index (χ3v) is 3.64. The van der Waals surface area contributed by atoms with Gasteiger partial charge < -0.3 is 5.11 Å². The highest BCUT2D eigenvalue weighted by Crippen LogP contribution is 2.27. The molecule has 0 heterocycles. The molecule has 0 aliphatic rings. The summed E-state index contributed by atoms with van der Waals surface area (Å²) in [7, 11) is 0. The molecule has 0 aromatic heterocycles. The van der Waals surface area contributed by atoms with E-state index in [-0.39, 0.29) is 4.83 Å². The molecule has 1 aromatic carbocycles. The van der Waals surface area contributed by atoms with E-state index in [9.17, 15) is 5.11 Å². The summed E-state index contributed by atoms with van der Waals surface area (Å²) >= 11 is 3.49. The van der Waals surface area contributed by atoms with Crippen molar-refractivity contribution in [3.63, 3.8) is 0 Å². The van der Waals surface area contributed by atoms with Gasteiger partial charge in [-0.15, -0.1) is 0 Å². The molecule has 0 saturated carbocycles. The van der Waals surface area contributed by atoms with Crippen molar-refractivity contribution in [3.05, 3.63) is 35.9 Å². The lowest BCUT2D eigenvalue weighted by Crippen LogP contribution is -2.17. The summed E-state index contributed by atoms with van der Waals surface area (Å²) in [6, 6.07) is 9.73. The summed E-state index contributed by atoms with van der Waals surface area (Å²) < 4.78 is 0. The molecule has 0 unspecified atom stereocenters. The summed E-state index contributed by atoms with van der Waals surface area (Å²) in [5, 5.41) is 9.91.